The van der Waals surface area contributed by atoms with Crippen LogP contribution in [0.15, 0.2) is 29.0 Å². The third kappa shape index (κ3) is 2.04. The minimum Gasteiger partial charge on any atom is -0.245 e. The Morgan fingerprint density at radius 2 is 2.20 bits per heavy atom. The first-order chi connectivity index (χ1) is 7.18. The van der Waals surface area contributed by atoms with E-state index in [0.717, 1.165) is 0 Å². The van der Waals surface area contributed by atoms with Gasteiger partial charge in [0.1, 0.15) is 0 Å². The van der Waals surface area contributed by atoms with E-state index in [1.54, 1.807) is 0 Å². The predicted octanol–water partition coefficient (Wildman–Crippen LogP) is 3.55. The molecular weight excluding hydrogens is 184 g/mol. The first-order valence-corrected chi connectivity index (χ1v) is 5.56. The molecule has 1 aromatic heterocycles. The van der Waals surface area contributed by atoms with Gasteiger partial charge in [0, 0.05) is 18.1 Å². The minimum atomic E-state index is 1.19. The predicted molar refractivity (Wildman–Crippen MR) is 63.5 cm³/mol. The van der Waals surface area contributed by atoms with E-state index in [-0.39, 0.29) is 0 Å². The van der Waals surface area contributed by atoms with Crippen molar-refractivity contribution in [2.45, 2.75) is 40.0 Å². The van der Waals surface area contributed by atoms with Gasteiger partial charge < -0.3 is 0 Å². The molecule has 2 heteroatoms. The van der Waals surface area contributed by atoms with Crippen LogP contribution in [0.1, 0.15) is 38.8 Å². The number of hydrogen-bond donors (Lipinski definition) is 0. The molecule has 1 aromatic rings. The van der Waals surface area contributed by atoms with Crippen LogP contribution in [0.5, 0.6) is 0 Å². The number of allylic oxidation sites excluding steroid dienone is 3. The maximum Gasteiger partial charge on any atom is 0.0496 e. The zero-order valence-electron chi connectivity index (χ0n) is 9.75. The van der Waals surface area contributed by atoms with Crippen molar-refractivity contribution in [1.29, 1.82) is 0 Å². The Morgan fingerprint density at radius 1 is 1.40 bits per heavy atom. The van der Waals surface area contributed by atoms with Crippen molar-refractivity contribution in [3.8, 4) is 0 Å². The largest absolute Gasteiger partial charge is 0.245 e. The Kier molecular flexibility index (Phi) is 2.76. The lowest BCUT2D eigenvalue weighted by molar-refractivity contribution is 0.884. The lowest BCUT2D eigenvalue weighted by atomic mass is 10.1. The molecule has 0 spiro atoms. The molecule has 0 bridgehead atoms. The van der Waals surface area contributed by atoms with Crippen LogP contribution in [0.2, 0.25) is 0 Å². The molecule has 1 heterocycles. The summed E-state index contributed by atoms with van der Waals surface area (Å²) >= 11 is 0. The van der Waals surface area contributed by atoms with E-state index in [4.69, 9.17) is 0 Å². The quantitative estimate of drug-likeness (QED) is 0.681. The maximum absolute atomic E-state index is 4.29. The molecule has 0 aliphatic heterocycles. The third-order valence-corrected chi connectivity index (χ3v) is 3.01. The van der Waals surface area contributed by atoms with Gasteiger partial charge in [-0.15, -0.1) is 0 Å². The highest BCUT2D eigenvalue weighted by molar-refractivity contribution is 5.48. The fourth-order valence-corrected chi connectivity index (χ4v) is 2.14. The molecule has 0 radical (unpaired) electrons. The number of nitrogens with zero attached hydrogens (tertiary/aromatic N) is 2. The Labute approximate surface area is 91.3 Å². The molecule has 1 aliphatic rings. The second-order valence-electron chi connectivity index (χ2n) is 4.40. The summed E-state index contributed by atoms with van der Waals surface area (Å²) in [6.07, 6.45) is 7.75. The summed E-state index contributed by atoms with van der Waals surface area (Å²) in [7, 11) is 0. The van der Waals surface area contributed by atoms with Gasteiger partial charge in [0.15, 0.2) is 0 Å². The van der Waals surface area contributed by atoms with Gasteiger partial charge in [-0.2, -0.15) is 5.10 Å². The Bertz CT molecular complexity index is 417. The molecule has 0 N–H and O–H groups in total. The van der Waals surface area contributed by atoms with Crippen molar-refractivity contribution in [3.05, 3.63) is 34.7 Å². The average Bonchev–Trinajstić information content (AvgIpc) is 2.77. The smallest absolute Gasteiger partial charge is 0.0496 e. The van der Waals surface area contributed by atoms with Crippen LogP contribution in [0.3, 0.4) is 0 Å². The number of hydrogen-bond acceptors (Lipinski definition) is 1. The van der Waals surface area contributed by atoms with E-state index in [1.165, 1.54) is 41.7 Å². The molecule has 2 nitrogen and oxygen atoms in total. The molecule has 0 saturated heterocycles. The van der Waals surface area contributed by atoms with Gasteiger partial charge in [0.25, 0.3) is 0 Å². The first kappa shape index (κ1) is 10.2. The SMILES string of the molecule is CC(C)=C1CCC/C1=C/n1nccc1C. The van der Waals surface area contributed by atoms with E-state index >= 15 is 0 Å². The Morgan fingerprint density at radius 3 is 2.80 bits per heavy atom. The molecular formula is C13H18N2. The number of aromatic nitrogens is 2. The molecule has 2 rings (SSSR count). The molecule has 1 fully saturated rings. The summed E-state index contributed by atoms with van der Waals surface area (Å²) < 4.78 is 1.98. The normalized spacial score (nSPS) is 18.9. The summed E-state index contributed by atoms with van der Waals surface area (Å²) in [5.41, 5.74) is 5.64. The summed E-state index contributed by atoms with van der Waals surface area (Å²) in [6, 6.07) is 2.04. The van der Waals surface area contributed by atoms with Crippen molar-refractivity contribution in [2.75, 3.05) is 0 Å². The third-order valence-electron chi connectivity index (χ3n) is 3.01. The second kappa shape index (κ2) is 4.05. The van der Waals surface area contributed by atoms with Gasteiger partial charge in [0.2, 0.25) is 0 Å². The van der Waals surface area contributed by atoms with Gasteiger partial charge in [-0.1, -0.05) is 5.57 Å². The zero-order chi connectivity index (χ0) is 10.8. The highest BCUT2D eigenvalue weighted by Crippen LogP contribution is 2.33. The Hall–Kier alpha value is -1.31. The lowest BCUT2D eigenvalue weighted by Crippen LogP contribution is -1.94. The maximum atomic E-state index is 4.29. The monoisotopic (exact) mass is 202 g/mol. The summed E-state index contributed by atoms with van der Waals surface area (Å²) in [4.78, 5) is 0. The van der Waals surface area contributed by atoms with E-state index in [2.05, 4.69) is 32.1 Å². The van der Waals surface area contributed by atoms with Gasteiger partial charge in [-0.3, -0.25) is 0 Å². The molecule has 15 heavy (non-hydrogen) atoms. The number of rotatable bonds is 1. The van der Waals surface area contributed by atoms with Crippen LogP contribution in [0, 0.1) is 6.92 Å². The van der Waals surface area contributed by atoms with Crippen LogP contribution >= 0.6 is 0 Å². The fourth-order valence-electron chi connectivity index (χ4n) is 2.14. The molecule has 1 aliphatic carbocycles. The van der Waals surface area contributed by atoms with Gasteiger partial charge in [-0.05, 0) is 57.2 Å². The van der Waals surface area contributed by atoms with Crippen LogP contribution in [-0.4, -0.2) is 9.78 Å². The van der Waals surface area contributed by atoms with E-state index in [1.807, 2.05) is 16.9 Å². The van der Waals surface area contributed by atoms with Crippen LogP contribution < -0.4 is 0 Å². The van der Waals surface area contributed by atoms with E-state index in [0.29, 0.717) is 0 Å². The van der Waals surface area contributed by atoms with E-state index in [9.17, 15) is 0 Å². The summed E-state index contributed by atoms with van der Waals surface area (Å²) in [5.74, 6) is 0. The second-order valence-corrected chi connectivity index (χ2v) is 4.40. The molecule has 0 atom stereocenters. The number of aryl methyl sites for hydroxylation is 1. The van der Waals surface area contributed by atoms with Crippen molar-refractivity contribution < 1.29 is 0 Å². The molecule has 0 amide bonds. The lowest BCUT2D eigenvalue weighted by Gasteiger charge is -2.04. The van der Waals surface area contributed by atoms with Crippen molar-refractivity contribution in [1.82, 2.24) is 9.78 Å². The average molecular weight is 202 g/mol. The van der Waals surface area contributed by atoms with Crippen LogP contribution in [-0.2, 0) is 0 Å². The minimum absolute atomic E-state index is 1.19. The van der Waals surface area contributed by atoms with Crippen LogP contribution in [0.25, 0.3) is 6.20 Å². The molecule has 1 saturated carbocycles. The topological polar surface area (TPSA) is 17.8 Å². The zero-order valence-corrected chi connectivity index (χ0v) is 9.75. The van der Waals surface area contributed by atoms with Crippen LogP contribution in [0.4, 0.5) is 0 Å². The standard InChI is InChI=1S/C13H18N2/c1-10(2)13-6-4-5-12(13)9-15-11(3)7-8-14-15/h7-9H,4-6H2,1-3H3/b12-9-. The summed E-state index contributed by atoms with van der Waals surface area (Å²) in [6.45, 7) is 6.48. The first-order valence-electron chi connectivity index (χ1n) is 5.56. The highest BCUT2D eigenvalue weighted by atomic mass is 15.3. The molecule has 0 unspecified atom stereocenters. The van der Waals surface area contributed by atoms with Crippen molar-refractivity contribution in [3.63, 3.8) is 0 Å². The van der Waals surface area contributed by atoms with Gasteiger partial charge in [0.05, 0.1) is 0 Å². The van der Waals surface area contributed by atoms with Gasteiger partial charge >= 0.3 is 0 Å². The van der Waals surface area contributed by atoms with E-state index < -0.39 is 0 Å². The fraction of sp³-hybridized carbons (Fsp3) is 0.462. The molecule has 0 aromatic carbocycles. The Balaban J connectivity index is 2.35. The summed E-state index contributed by atoms with van der Waals surface area (Å²) in [5, 5.41) is 4.29. The van der Waals surface area contributed by atoms with Gasteiger partial charge in [-0.25, -0.2) is 4.68 Å². The van der Waals surface area contributed by atoms with Crippen molar-refractivity contribution >= 4 is 6.20 Å². The highest BCUT2D eigenvalue weighted by Gasteiger charge is 2.14. The molecule has 80 valence electrons. The van der Waals surface area contributed by atoms with Crippen molar-refractivity contribution in [2.24, 2.45) is 0 Å².